The van der Waals surface area contributed by atoms with Crippen molar-refractivity contribution in [3.05, 3.63) is 48.0 Å². The molecule has 0 spiro atoms. The first-order valence-electron chi connectivity index (χ1n) is 11.0. The zero-order valence-corrected chi connectivity index (χ0v) is 21.4. The minimum atomic E-state index is -3.76. The number of hydrogen-bond acceptors (Lipinski definition) is 6. The van der Waals surface area contributed by atoms with Crippen molar-refractivity contribution in [3.8, 4) is 5.75 Å². The number of aryl methyl sites for hydroxylation is 1. The number of hydrogen-bond donors (Lipinski definition) is 1. The molecule has 3 rings (SSSR count). The topological polar surface area (TPSA) is 113 Å². The van der Waals surface area contributed by atoms with Gasteiger partial charge in [0.15, 0.2) is 0 Å². The Bertz CT molecular complexity index is 1240. The van der Waals surface area contributed by atoms with Gasteiger partial charge in [-0.2, -0.15) is 4.31 Å². The van der Waals surface area contributed by atoms with Crippen molar-refractivity contribution in [2.75, 3.05) is 39.1 Å². The highest BCUT2D eigenvalue weighted by Gasteiger charge is 2.33. The molecule has 34 heavy (non-hydrogen) atoms. The second-order valence-electron chi connectivity index (χ2n) is 8.36. The maximum absolute atomic E-state index is 13.1. The molecule has 0 bridgehead atoms. The lowest BCUT2D eigenvalue weighted by Crippen LogP contribution is -2.43. The number of benzene rings is 2. The van der Waals surface area contributed by atoms with E-state index in [4.69, 9.17) is 4.74 Å². The number of carbonyl (C=O) groups is 1. The molecule has 1 atom stereocenters. The summed E-state index contributed by atoms with van der Waals surface area (Å²) in [6.45, 7) is 4.48. The average molecular weight is 510 g/mol. The largest absolute Gasteiger partial charge is 0.494 e. The Morgan fingerprint density at radius 2 is 1.74 bits per heavy atom. The van der Waals surface area contributed by atoms with Crippen molar-refractivity contribution < 1.29 is 26.4 Å². The molecule has 1 aliphatic heterocycles. The minimum Gasteiger partial charge on any atom is -0.494 e. The third-order valence-electron chi connectivity index (χ3n) is 5.77. The number of sulfonamides is 2. The maximum Gasteiger partial charge on any atom is 0.243 e. The van der Waals surface area contributed by atoms with Gasteiger partial charge in [0.05, 0.1) is 22.3 Å². The first kappa shape index (κ1) is 26.1. The number of anilines is 1. The van der Waals surface area contributed by atoms with Gasteiger partial charge in [0, 0.05) is 32.9 Å². The van der Waals surface area contributed by atoms with Crippen LogP contribution in [0.4, 0.5) is 5.69 Å². The molecule has 1 aliphatic rings. The van der Waals surface area contributed by atoms with Gasteiger partial charge in [-0.1, -0.05) is 6.07 Å². The summed E-state index contributed by atoms with van der Waals surface area (Å²) in [6, 6.07) is 10.8. The molecule has 0 aliphatic carbocycles. The predicted molar refractivity (Wildman–Crippen MR) is 130 cm³/mol. The summed E-state index contributed by atoms with van der Waals surface area (Å²) in [5.74, 6) is -0.306. The molecule has 1 N–H and O–H groups in total. The fourth-order valence-corrected chi connectivity index (χ4v) is 6.19. The second kappa shape index (κ2) is 10.4. The highest BCUT2D eigenvalue weighted by Crippen LogP contribution is 2.27. The summed E-state index contributed by atoms with van der Waals surface area (Å²) in [6.07, 6.45) is 1.08. The van der Waals surface area contributed by atoms with Crippen LogP contribution in [0.3, 0.4) is 0 Å². The number of carbonyl (C=O) groups excluding carboxylic acids is 1. The van der Waals surface area contributed by atoms with Gasteiger partial charge in [-0.15, -0.1) is 0 Å². The number of piperidine rings is 1. The van der Waals surface area contributed by atoms with E-state index < -0.39 is 26.0 Å². The van der Waals surface area contributed by atoms with Gasteiger partial charge in [-0.25, -0.2) is 21.1 Å². The molecule has 186 valence electrons. The van der Waals surface area contributed by atoms with E-state index in [0.717, 1.165) is 4.31 Å². The van der Waals surface area contributed by atoms with E-state index >= 15 is 0 Å². The van der Waals surface area contributed by atoms with E-state index in [1.54, 1.807) is 25.1 Å². The average Bonchev–Trinajstić information content (AvgIpc) is 2.81. The van der Waals surface area contributed by atoms with E-state index in [2.05, 4.69) is 5.32 Å². The summed E-state index contributed by atoms with van der Waals surface area (Å²) in [5.41, 5.74) is 1.10. The van der Waals surface area contributed by atoms with Crippen molar-refractivity contribution in [1.29, 1.82) is 0 Å². The highest BCUT2D eigenvalue weighted by molar-refractivity contribution is 7.89. The molecule has 1 unspecified atom stereocenters. The van der Waals surface area contributed by atoms with Crippen molar-refractivity contribution in [2.45, 2.75) is 36.5 Å². The van der Waals surface area contributed by atoms with E-state index in [-0.39, 0.29) is 22.2 Å². The zero-order chi connectivity index (χ0) is 25.1. The fraction of sp³-hybridized carbons (Fsp3) is 0.435. The molecule has 2 aromatic rings. The van der Waals surface area contributed by atoms with Crippen LogP contribution in [0.15, 0.2) is 52.3 Å². The van der Waals surface area contributed by atoms with Gasteiger partial charge in [0.25, 0.3) is 0 Å². The first-order valence-corrected chi connectivity index (χ1v) is 13.9. The van der Waals surface area contributed by atoms with Crippen molar-refractivity contribution in [3.63, 3.8) is 0 Å². The maximum atomic E-state index is 13.1. The van der Waals surface area contributed by atoms with Crippen LogP contribution in [0.1, 0.15) is 25.3 Å². The molecular formula is C23H31N3O6S2. The quantitative estimate of drug-likeness (QED) is 0.585. The molecule has 0 radical (unpaired) electrons. The molecule has 1 saturated heterocycles. The van der Waals surface area contributed by atoms with Crippen LogP contribution >= 0.6 is 0 Å². The summed E-state index contributed by atoms with van der Waals surface area (Å²) in [4.78, 5) is 13.2. The van der Waals surface area contributed by atoms with Gasteiger partial charge in [0.1, 0.15) is 5.75 Å². The van der Waals surface area contributed by atoms with Crippen LogP contribution in [0.5, 0.6) is 5.75 Å². The molecule has 11 heteroatoms. The Hall–Kier alpha value is -2.47. The summed E-state index contributed by atoms with van der Waals surface area (Å²) < 4.78 is 59.0. The molecule has 1 fully saturated rings. The van der Waals surface area contributed by atoms with Gasteiger partial charge >= 0.3 is 0 Å². The number of amides is 1. The SMILES string of the molecule is CCOc1ccc(S(=O)(=O)N2CCCC(C(=O)Nc3cc(S(=O)(=O)N(C)C)ccc3C)C2)cc1. The van der Waals surface area contributed by atoms with E-state index in [1.165, 1.54) is 42.7 Å². The van der Waals surface area contributed by atoms with Crippen LogP contribution in [-0.4, -0.2) is 65.1 Å². The smallest absolute Gasteiger partial charge is 0.243 e. The third-order valence-corrected chi connectivity index (χ3v) is 9.46. The second-order valence-corrected chi connectivity index (χ2v) is 12.4. The minimum absolute atomic E-state index is 0.0517. The fourth-order valence-electron chi connectivity index (χ4n) is 3.74. The Kier molecular flexibility index (Phi) is 8.02. The van der Waals surface area contributed by atoms with Crippen molar-refractivity contribution in [1.82, 2.24) is 8.61 Å². The van der Waals surface area contributed by atoms with Gasteiger partial charge in [0.2, 0.25) is 26.0 Å². The summed E-state index contributed by atoms with van der Waals surface area (Å²) in [7, 11) is -4.54. The molecular weight excluding hydrogens is 478 g/mol. The van der Waals surface area contributed by atoms with Crippen LogP contribution in [0.2, 0.25) is 0 Å². The Morgan fingerprint density at radius 3 is 2.35 bits per heavy atom. The van der Waals surface area contributed by atoms with E-state index in [1.807, 2.05) is 6.92 Å². The number of ether oxygens (including phenoxy) is 1. The summed E-state index contributed by atoms with van der Waals surface area (Å²) >= 11 is 0. The Labute approximate surface area is 201 Å². The Balaban J connectivity index is 1.76. The third kappa shape index (κ3) is 5.60. The zero-order valence-electron chi connectivity index (χ0n) is 19.8. The number of rotatable bonds is 8. The Morgan fingerprint density at radius 1 is 1.09 bits per heavy atom. The molecule has 9 nitrogen and oxygen atoms in total. The lowest BCUT2D eigenvalue weighted by Gasteiger charge is -2.31. The lowest BCUT2D eigenvalue weighted by atomic mass is 9.98. The molecule has 1 amide bonds. The molecule has 1 heterocycles. The first-order chi connectivity index (χ1) is 16.0. The monoisotopic (exact) mass is 509 g/mol. The standard InChI is InChI=1S/C23H31N3O6S2/c1-5-32-19-9-12-20(13-10-19)34(30,31)26-14-6-7-18(16-26)23(27)24-22-15-21(11-8-17(22)2)33(28,29)25(3)4/h8-13,15,18H,5-7,14,16H2,1-4H3,(H,24,27). The van der Waals surface area contributed by atoms with E-state index in [0.29, 0.717) is 43.0 Å². The van der Waals surface area contributed by atoms with Crippen LogP contribution in [0.25, 0.3) is 0 Å². The molecule has 0 saturated carbocycles. The van der Waals surface area contributed by atoms with Crippen LogP contribution in [0, 0.1) is 12.8 Å². The van der Waals surface area contributed by atoms with Crippen molar-refractivity contribution in [2.24, 2.45) is 5.92 Å². The van der Waals surface area contributed by atoms with Gasteiger partial charge in [-0.05, 0) is 68.7 Å². The van der Waals surface area contributed by atoms with Crippen molar-refractivity contribution >= 4 is 31.6 Å². The van der Waals surface area contributed by atoms with Gasteiger partial charge in [-0.3, -0.25) is 4.79 Å². The molecule has 0 aromatic heterocycles. The number of nitrogens with zero attached hydrogens (tertiary/aromatic N) is 2. The van der Waals surface area contributed by atoms with Crippen LogP contribution < -0.4 is 10.1 Å². The molecule has 2 aromatic carbocycles. The highest BCUT2D eigenvalue weighted by atomic mass is 32.2. The van der Waals surface area contributed by atoms with Gasteiger partial charge < -0.3 is 10.1 Å². The number of nitrogens with one attached hydrogen (secondary N) is 1. The normalized spacial score (nSPS) is 17.5. The summed E-state index contributed by atoms with van der Waals surface area (Å²) in [5, 5.41) is 2.80. The van der Waals surface area contributed by atoms with E-state index in [9.17, 15) is 21.6 Å². The predicted octanol–water partition coefficient (Wildman–Crippen LogP) is 2.68. The lowest BCUT2D eigenvalue weighted by molar-refractivity contribution is -0.120. The van der Waals surface area contributed by atoms with Crippen LogP contribution in [-0.2, 0) is 24.8 Å².